The fourth-order valence-corrected chi connectivity index (χ4v) is 3.00. The Morgan fingerprint density at radius 1 is 1.08 bits per heavy atom. The predicted octanol–water partition coefficient (Wildman–Crippen LogP) is 2.80. The van der Waals surface area contributed by atoms with Crippen LogP contribution in [0.25, 0.3) is 0 Å². The van der Waals surface area contributed by atoms with Crippen LogP contribution in [-0.2, 0) is 0 Å². The number of ether oxygens (including phenoxy) is 1. The van der Waals surface area contributed by atoms with Gasteiger partial charge in [-0.15, -0.1) is 0 Å². The zero-order valence-electron chi connectivity index (χ0n) is 13.9. The van der Waals surface area contributed by atoms with E-state index in [9.17, 15) is 10.1 Å². The molecule has 7 heteroatoms. The summed E-state index contributed by atoms with van der Waals surface area (Å²) in [6.45, 7) is 2.81. The van der Waals surface area contributed by atoms with Gasteiger partial charge in [-0.1, -0.05) is 0 Å². The van der Waals surface area contributed by atoms with Crippen LogP contribution in [0.4, 0.5) is 17.1 Å². The van der Waals surface area contributed by atoms with E-state index in [0.29, 0.717) is 24.3 Å². The molecule has 2 aromatic carbocycles. The van der Waals surface area contributed by atoms with Crippen LogP contribution < -0.4 is 14.5 Å². The van der Waals surface area contributed by atoms with Crippen molar-refractivity contribution >= 4 is 17.1 Å². The highest BCUT2D eigenvalue weighted by atomic mass is 16.6. The summed E-state index contributed by atoms with van der Waals surface area (Å²) in [5.41, 5.74) is 2.08. The Morgan fingerprint density at radius 3 is 2.28 bits per heavy atom. The number of hydrogen-bond acceptors (Lipinski definition) is 6. The van der Waals surface area contributed by atoms with E-state index in [1.165, 1.54) is 12.1 Å². The summed E-state index contributed by atoms with van der Waals surface area (Å²) < 4.78 is 5.17. The van der Waals surface area contributed by atoms with Crippen molar-refractivity contribution in [2.24, 2.45) is 0 Å². The lowest BCUT2D eigenvalue weighted by Gasteiger charge is -2.37. The van der Waals surface area contributed by atoms with Crippen molar-refractivity contribution in [3.05, 3.63) is 58.1 Å². The quantitative estimate of drug-likeness (QED) is 0.630. The van der Waals surface area contributed by atoms with Gasteiger partial charge in [0.05, 0.1) is 23.7 Å². The Bertz CT molecular complexity index is 806. The van der Waals surface area contributed by atoms with Crippen molar-refractivity contribution in [2.45, 2.75) is 0 Å². The third kappa shape index (κ3) is 3.48. The van der Waals surface area contributed by atoms with Gasteiger partial charge in [0.25, 0.3) is 5.69 Å². The molecule has 0 bridgehead atoms. The molecule has 0 N–H and O–H groups in total. The largest absolute Gasteiger partial charge is 0.497 e. The molecule has 0 aliphatic carbocycles. The Morgan fingerprint density at radius 2 is 1.72 bits per heavy atom. The van der Waals surface area contributed by atoms with Gasteiger partial charge in [0.2, 0.25) is 0 Å². The van der Waals surface area contributed by atoms with Crippen molar-refractivity contribution in [3.63, 3.8) is 0 Å². The monoisotopic (exact) mass is 338 g/mol. The molecular formula is C18H18N4O3. The molecule has 25 heavy (non-hydrogen) atoms. The summed E-state index contributed by atoms with van der Waals surface area (Å²) >= 11 is 0. The zero-order valence-corrected chi connectivity index (χ0v) is 13.9. The van der Waals surface area contributed by atoms with Crippen molar-refractivity contribution in [2.75, 3.05) is 43.1 Å². The number of piperazine rings is 1. The van der Waals surface area contributed by atoms with E-state index in [1.807, 2.05) is 35.2 Å². The Hall–Kier alpha value is -3.27. The smallest absolute Gasteiger partial charge is 0.292 e. The summed E-state index contributed by atoms with van der Waals surface area (Å²) in [7, 11) is 1.63. The van der Waals surface area contributed by atoms with Crippen LogP contribution in [0, 0.1) is 21.4 Å². The molecule has 0 amide bonds. The van der Waals surface area contributed by atoms with Crippen LogP contribution >= 0.6 is 0 Å². The Kier molecular flexibility index (Phi) is 4.70. The van der Waals surface area contributed by atoms with Gasteiger partial charge in [0.15, 0.2) is 0 Å². The van der Waals surface area contributed by atoms with Gasteiger partial charge >= 0.3 is 0 Å². The molecule has 3 rings (SSSR count). The van der Waals surface area contributed by atoms with Crippen molar-refractivity contribution in [1.82, 2.24) is 0 Å². The number of hydrogen-bond donors (Lipinski definition) is 0. The second-order valence-electron chi connectivity index (χ2n) is 5.74. The highest BCUT2D eigenvalue weighted by Crippen LogP contribution is 2.31. The maximum Gasteiger partial charge on any atom is 0.292 e. The van der Waals surface area contributed by atoms with Crippen molar-refractivity contribution in [3.8, 4) is 11.8 Å². The predicted molar refractivity (Wildman–Crippen MR) is 95.2 cm³/mol. The number of nitrogens with zero attached hydrogens (tertiary/aromatic N) is 4. The number of benzene rings is 2. The van der Waals surface area contributed by atoms with Gasteiger partial charge in [-0.2, -0.15) is 5.26 Å². The maximum atomic E-state index is 11.3. The third-order valence-corrected chi connectivity index (χ3v) is 4.36. The first-order valence-corrected chi connectivity index (χ1v) is 7.95. The molecule has 2 aromatic rings. The van der Waals surface area contributed by atoms with Crippen molar-refractivity contribution < 1.29 is 9.66 Å². The summed E-state index contributed by atoms with van der Waals surface area (Å²) in [5.74, 6) is 0.811. The van der Waals surface area contributed by atoms with E-state index < -0.39 is 4.92 Å². The first-order chi connectivity index (χ1) is 12.1. The number of nitro groups is 1. The summed E-state index contributed by atoms with van der Waals surface area (Å²) in [5, 5.41) is 20.4. The molecule has 1 heterocycles. The highest BCUT2D eigenvalue weighted by Gasteiger charge is 2.24. The number of nitro benzene ring substituents is 1. The molecule has 0 saturated carbocycles. The van der Waals surface area contributed by atoms with E-state index in [2.05, 4.69) is 4.90 Å². The molecule has 1 aliphatic heterocycles. The van der Waals surface area contributed by atoms with Crippen molar-refractivity contribution in [1.29, 1.82) is 5.26 Å². The average molecular weight is 338 g/mol. The molecule has 0 spiro atoms. The Labute approximate surface area is 145 Å². The molecule has 1 aliphatic rings. The minimum absolute atomic E-state index is 0.0388. The molecule has 0 radical (unpaired) electrons. The van der Waals surface area contributed by atoms with Crippen LogP contribution in [0.3, 0.4) is 0 Å². The van der Waals surface area contributed by atoms with Crippen LogP contribution in [-0.4, -0.2) is 38.2 Å². The topological polar surface area (TPSA) is 82.6 Å². The first-order valence-electron chi connectivity index (χ1n) is 7.95. The van der Waals surface area contributed by atoms with Gasteiger partial charge in [-0.25, -0.2) is 0 Å². The molecule has 1 fully saturated rings. The van der Waals surface area contributed by atoms with E-state index >= 15 is 0 Å². The Balaban J connectivity index is 1.75. The van der Waals surface area contributed by atoms with Crippen LogP contribution in [0.5, 0.6) is 5.75 Å². The van der Waals surface area contributed by atoms with Crippen LogP contribution in [0.2, 0.25) is 0 Å². The molecule has 0 atom stereocenters. The second kappa shape index (κ2) is 7.09. The minimum atomic E-state index is -0.396. The molecular weight excluding hydrogens is 320 g/mol. The van der Waals surface area contributed by atoms with Gasteiger partial charge in [0.1, 0.15) is 11.4 Å². The van der Waals surface area contributed by atoms with Gasteiger partial charge in [0, 0.05) is 37.9 Å². The summed E-state index contributed by atoms with van der Waals surface area (Å²) in [6.07, 6.45) is 0. The van der Waals surface area contributed by atoms with E-state index in [0.717, 1.165) is 24.5 Å². The maximum absolute atomic E-state index is 11.3. The standard InChI is InChI=1S/C18H18N4O3/c1-25-16-5-3-15(4-6-16)20-8-10-21(11-9-20)18-12-14(13-19)2-7-17(18)22(23)24/h2-7,12H,8-11H2,1H3. The average Bonchev–Trinajstić information content (AvgIpc) is 2.67. The normalized spacial score (nSPS) is 14.1. The minimum Gasteiger partial charge on any atom is -0.497 e. The van der Waals surface area contributed by atoms with E-state index in [-0.39, 0.29) is 5.69 Å². The number of rotatable bonds is 4. The second-order valence-corrected chi connectivity index (χ2v) is 5.74. The van der Waals surface area contributed by atoms with Gasteiger partial charge in [-0.3, -0.25) is 10.1 Å². The van der Waals surface area contributed by atoms with Crippen LogP contribution in [0.1, 0.15) is 5.56 Å². The molecule has 1 saturated heterocycles. The molecule has 0 aromatic heterocycles. The summed E-state index contributed by atoms with van der Waals surface area (Å²) in [4.78, 5) is 15.1. The van der Waals surface area contributed by atoms with Gasteiger partial charge < -0.3 is 14.5 Å². The zero-order chi connectivity index (χ0) is 17.8. The molecule has 0 unspecified atom stereocenters. The molecule has 7 nitrogen and oxygen atoms in total. The lowest BCUT2D eigenvalue weighted by atomic mass is 10.1. The fourth-order valence-electron chi connectivity index (χ4n) is 3.00. The number of anilines is 2. The number of nitriles is 1. The lowest BCUT2D eigenvalue weighted by molar-refractivity contribution is -0.384. The SMILES string of the molecule is COc1ccc(N2CCN(c3cc(C#N)ccc3[N+](=O)[O-])CC2)cc1. The summed E-state index contributed by atoms with van der Waals surface area (Å²) in [6, 6.07) is 14.4. The molecule has 128 valence electrons. The lowest BCUT2D eigenvalue weighted by Crippen LogP contribution is -2.46. The first kappa shape index (κ1) is 16.6. The van der Waals surface area contributed by atoms with E-state index in [4.69, 9.17) is 10.00 Å². The van der Waals surface area contributed by atoms with Crippen LogP contribution in [0.15, 0.2) is 42.5 Å². The van der Waals surface area contributed by atoms with Gasteiger partial charge in [-0.05, 0) is 36.4 Å². The number of methoxy groups -OCH3 is 1. The highest BCUT2D eigenvalue weighted by molar-refractivity contribution is 5.66. The third-order valence-electron chi connectivity index (χ3n) is 4.36. The van der Waals surface area contributed by atoms with E-state index in [1.54, 1.807) is 13.2 Å². The fraction of sp³-hybridized carbons (Fsp3) is 0.278.